The van der Waals surface area contributed by atoms with Gasteiger partial charge in [-0.2, -0.15) is 0 Å². The van der Waals surface area contributed by atoms with Gasteiger partial charge in [-0.15, -0.1) is 0 Å². The van der Waals surface area contributed by atoms with Crippen LogP contribution in [0.25, 0.3) is 10.9 Å². The van der Waals surface area contributed by atoms with Crippen LogP contribution in [0.4, 0.5) is 0 Å². The van der Waals surface area contributed by atoms with Crippen LogP contribution in [0.2, 0.25) is 0 Å². The third-order valence-corrected chi connectivity index (χ3v) is 5.78. The van der Waals surface area contributed by atoms with E-state index >= 15 is 0 Å². The van der Waals surface area contributed by atoms with Crippen molar-refractivity contribution in [2.75, 3.05) is 0 Å². The highest BCUT2D eigenvalue weighted by molar-refractivity contribution is 6.07. The van der Waals surface area contributed by atoms with Gasteiger partial charge < -0.3 is 14.5 Å². The summed E-state index contributed by atoms with van der Waals surface area (Å²) in [6.45, 7) is 1.96. The number of carbonyl (C=O) groups is 1. The Morgan fingerprint density at radius 1 is 1.07 bits per heavy atom. The molecule has 1 N–H and O–H groups in total. The summed E-state index contributed by atoms with van der Waals surface area (Å²) in [6.07, 6.45) is 6.73. The summed E-state index contributed by atoms with van der Waals surface area (Å²) in [5.41, 5.74) is 3.42. The van der Waals surface area contributed by atoms with Crippen molar-refractivity contribution in [1.82, 2.24) is 14.5 Å². The Kier molecular flexibility index (Phi) is 4.38. The molecular formula is C22H25N3O2. The van der Waals surface area contributed by atoms with Gasteiger partial charge in [-0.1, -0.05) is 36.8 Å². The molecule has 2 heterocycles. The molecule has 0 saturated heterocycles. The van der Waals surface area contributed by atoms with Gasteiger partial charge in [0.2, 0.25) is 0 Å². The fourth-order valence-corrected chi connectivity index (χ4v) is 4.56. The number of hydrogen-bond donors (Lipinski definition) is 1. The predicted octanol–water partition coefficient (Wildman–Crippen LogP) is 3.25. The van der Waals surface area contributed by atoms with Crippen molar-refractivity contribution in [1.29, 1.82) is 0 Å². The fourth-order valence-electron chi connectivity index (χ4n) is 4.56. The Bertz CT molecular complexity index is 1060. The van der Waals surface area contributed by atoms with Crippen LogP contribution >= 0.6 is 0 Å². The Hall–Kier alpha value is -2.82. The lowest BCUT2D eigenvalue weighted by atomic mass is 9.94. The summed E-state index contributed by atoms with van der Waals surface area (Å²) in [4.78, 5) is 25.8. The minimum Gasteiger partial charge on any atom is -0.349 e. The molecule has 0 radical (unpaired) electrons. The molecule has 2 aromatic heterocycles. The number of hydrogen-bond acceptors (Lipinski definition) is 2. The lowest BCUT2D eigenvalue weighted by Gasteiger charge is -2.21. The molecule has 5 nitrogen and oxygen atoms in total. The van der Waals surface area contributed by atoms with Crippen LogP contribution < -0.4 is 10.9 Å². The smallest absolute Gasteiger partial charge is 0.260 e. The van der Waals surface area contributed by atoms with Gasteiger partial charge in [-0.3, -0.25) is 9.59 Å². The van der Waals surface area contributed by atoms with Crippen molar-refractivity contribution in [3.8, 4) is 0 Å². The lowest BCUT2D eigenvalue weighted by Crippen LogP contribution is -2.36. The van der Waals surface area contributed by atoms with E-state index in [4.69, 9.17) is 0 Å². The average molecular weight is 363 g/mol. The van der Waals surface area contributed by atoms with Gasteiger partial charge in [0.25, 0.3) is 11.5 Å². The molecular weight excluding hydrogens is 338 g/mol. The summed E-state index contributed by atoms with van der Waals surface area (Å²) in [5, 5.41) is 3.72. The Balaban J connectivity index is 1.69. The number of rotatable bonds is 3. The first kappa shape index (κ1) is 17.6. The number of carbonyl (C=O) groups excluding carboxylic acids is 1. The number of fused-ring (bicyclic) bond motifs is 1. The molecule has 4 rings (SSSR count). The highest BCUT2D eigenvalue weighted by atomic mass is 16.2. The number of benzene rings is 1. The van der Waals surface area contributed by atoms with E-state index in [1.54, 1.807) is 17.8 Å². The highest BCUT2D eigenvalue weighted by Crippen LogP contribution is 2.35. The Morgan fingerprint density at radius 3 is 2.56 bits per heavy atom. The first-order valence-corrected chi connectivity index (χ1v) is 9.48. The molecule has 140 valence electrons. The Labute approximate surface area is 158 Å². The number of amides is 1. The molecule has 1 aliphatic rings. The number of nitrogens with zero attached hydrogens (tertiary/aromatic N) is 2. The minimum absolute atomic E-state index is 0.101. The van der Waals surface area contributed by atoms with Crippen molar-refractivity contribution < 1.29 is 4.79 Å². The molecule has 1 amide bonds. The number of pyridine rings is 1. The average Bonchev–Trinajstić information content (AvgIpc) is 3.25. The zero-order chi connectivity index (χ0) is 19.1. The zero-order valence-corrected chi connectivity index (χ0v) is 16.0. The summed E-state index contributed by atoms with van der Waals surface area (Å²) in [7, 11) is 3.61. The van der Waals surface area contributed by atoms with E-state index in [-0.39, 0.29) is 17.5 Å². The normalized spacial score (nSPS) is 19.5. The van der Waals surface area contributed by atoms with Gasteiger partial charge in [0.05, 0.1) is 16.5 Å². The van der Waals surface area contributed by atoms with E-state index < -0.39 is 0 Å². The summed E-state index contributed by atoms with van der Waals surface area (Å²) in [6, 6.07) is 10.5. The van der Waals surface area contributed by atoms with Crippen molar-refractivity contribution in [2.45, 2.75) is 38.1 Å². The first-order valence-electron chi connectivity index (χ1n) is 9.48. The number of aryl methyl sites for hydroxylation is 3. The summed E-state index contributed by atoms with van der Waals surface area (Å²) in [5.74, 6) is 0.172. The van der Waals surface area contributed by atoms with Crippen LogP contribution in [-0.4, -0.2) is 21.1 Å². The molecule has 1 unspecified atom stereocenters. The van der Waals surface area contributed by atoms with Crippen LogP contribution in [0, 0.1) is 6.92 Å². The highest BCUT2D eigenvalue weighted by Gasteiger charge is 2.31. The van der Waals surface area contributed by atoms with E-state index in [1.807, 2.05) is 42.9 Å². The van der Waals surface area contributed by atoms with Gasteiger partial charge >= 0.3 is 0 Å². The first-order chi connectivity index (χ1) is 13.0. The molecule has 1 saturated carbocycles. The topological polar surface area (TPSA) is 56.0 Å². The quantitative estimate of drug-likeness (QED) is 0.777. The molecule has 1 aromatic carbocycles. The van der Waals surface area contributed by atoms with E-state index in [9.17, 15) is 9.59 Å². The van der Waals surface area contributed by atoms with Gasteiger partial charge in [0, 0.05) is 38.4 Å². The minimum atomic E-state index is -0.156. The molecule has 1 aliphatic carbocycles. The van der Waals surface area contributed by atoms with Gasteiger partial charge in [-0.05, 0) is 30.9 Å². The Morgan fingerprint density at radius 2 is 1.81 bits per heavy atom. The maximum Gasteiger partial charge on any atom is 0.260 e. The third kappa shape index (κ3) is 2.97. The molecule has 0 aliphatic heterocycles. The maximum atomic E-state index is 13.1. The monoisotopic (exact) mass is 363 g/mol. The molecule has 0 spiro atoms. The standard InChI is InChI=1S/C22H25N3O2/c1-14-12-25(3)22(27)19-17(13-24(2)20(14)19)21(26)23-18-11-7-10-16(18)15-8-5-4-6-9-15/h4-6,8-9,12-13,16,18H,7,10-11H2,1-3H3,(H,23,26)/t16-,18?/m1/s1. The van der Waals surface area contributed by atoms with Gasteiger partial charge in [0.15, 0.2) is 0 Å². The van der Waals surface area contributed by atoms with Gasteiger partial charge in [0.1, 0.15) is 0 Å². The second-order valence-corrected chi connectivity index (χ2v) is 7.63. The largest absolute Gasteiger partial charge is 0.349 e. The van der Waals surface area contributed by atoms with Gasteiger partial charge in [-0.25, -0.2) is 0 Å². The SMILES string of the molecule is Cc1cn(C)c(=O)c2c(C(=O)NC3CCC[C@@H]3c3ccccc3)cn(C)c12. The van der Waals surface area contributed by atoms with Crippen LogP contribution in [0.1, 0.15) is 46.7 Å². The third-order valence-electron chi connectivity index (χ3n) is 5.78. The molecule has 0 bridgehead atoms. The number of aromatic nitrogens is 2. The van der Waals surface area contributed by atoms with Crippen molar-refractivity contribution in [3.63, 3.8) is 0 Å². The molecule has 2 atom stereocenters. The summed E-state index contributed by atoms with van der Waals surface area (Å²) < 4.78 is 3.43. The van der Waals surface area contributed by atoms with Crippen LogP contribution in [0.15, 0.2) is 47.5 Å². The van der Waals surface area contributed by atoms with Crippen molar-refractivity contribution >= 4 is 16.8 Å². The van der Waals surface area contributed by atoms with E-state index in [0.717, 1.165) is 30.3 Å². The second-order valence-electron chi connectivity index (χ2n) is 7.63. The molecule has 3 aromatic rings. The van der Waals surface area contributed by atoms with Crippen molar-refractivity contribution in [2.24, 2.45) is 14.1 Å². The van der Waals surface area contributed by atoms with E-state index in [2.05, 4.69) is 17.4 Å². The molecule has 27 heavy (non-hydrogen) atoms. The van der Waals surface area contributed by atoms with E-state index in [1.165, 1.54) is 5.56 Å². The maximum absolute atomic E-state index is 13.1. The van der Waals surface area contributed by atoms with Crippen LogP contribution in [-0.2, 0) is 14.1 Å². The van der Waals surface area contributed by atoms with Crippen LogP contribution in [0.5, 0.6) is 0 Å². The summed E-state index contributed by atoms with van der Waals surface area (Å²) >= 11 is 0. The fraction of sp³-hybridized carbons (Fsp3) is 0.364. The van der Waals surface area contributed by atoms with Crippen molar-refractivity contribution in [3.05, 3.63) is 69.8 Å². The molecule has 1 fully saturated rings. The van der Waals surface area contributed by atoms with E-state index in [0.29, 0.717) is 16.9 Å². The second kappa shape index (κ2) is 6.72. The predicted molar refractivity (Wildman–Crippen MR) is 107 cm³/mol. The zero-order valence-electron chi connectivity index (χ0n) is 16.0. The van der Waals surface area contributed by atoms with Crippen LogP contribution in [0.3, 0.4) is 0 Å². The molecule has 5 heteroatoms. The lowest BCUT2D eigenvalue weighted by molar-refractivity contribution is 0.0936. The number of nitrogens with one attached hydrogen (secondary N) is 1.